The van der Waals surface area contributed by atoms with Crippen molar-refractivity contribution in [2.24, 2.45) is 11.7 Å². The highest BCUT2D eigenvalue weighted by Crippen LogP contribution is 2.25. The van der Waals surface area contributed by atoms with E-state index in [0.29, 0.717) is 10.8 Å². The molecule has 4 nitrogen and oxygen atoms in total. The largest absolute Gasteiger partial charge is 0.368 e. The van der Waals surface area contributed by atoms with Crippen molar-refractivity contribution in [3.05, 3.63) is 17.0 Å². The molecule has 1 aromatic rings. The van der Waals surface area contributed by atoms with Gasteiger partial charge in [0.15, 0.2) is 6.29 Å². The Morgan fingerprint density at radius 2 is 2.25 bits per heavy atom. The van der Waals surface area contributed by atoms with Gasteiger partial charge >= 0.3 is 0 Å². The standard InChI is InChI=1S/C11H16N2O2S/c1-8(2)5-13(6-10(12)15)11-4-3-9(7-14)16-11/h3-4,7-8H,5-6H2,1-2H3,(H2,12,15). The highest BCUT2D eigenvalue weighted by Gasteiger charge is 2.13. The highest BCUT2D eigenvalue weighted by atomic mass is 32.1. The maximum absolute atomic E-state index is 11.0. The van der Waals surface area contributed by atoms with Crippen molar-refractivity contribution in [3.63, 3.8) is 0 Å². The number of anilines is 1. The second kappa shape index (κ2) is 5.65. The quantitative estimate of drug-likeness (QED) is 0.767. The van der Waals surface area contributed by atoms with E-state index in [1.54, 1.807) is 6.07 Å². The van der Waals surface area contributed by atoms with E-state index in [9.17, 15) is 9.59 Å². The van der Waals surface area contributed by atoms with Gasteiger partial charge in [0.2, 0.25) is 5.91 Å². The molecule has 0 unspecified atom stereocenters. The zero-order chi connectivity index (χ0) is 12.1. The second-order valence-electron chi connectivity index (χ2n) is 4.03. The van der Waals surface area contributed by atoms with Gasteiger partial charge < -0.3 is 10.6 Å². The van der Waals surface area contributed by atoms with Crippen LogP contribution < -0.4 is 10.6 Å². The summed E-state index contributed by atoms with van der Waals surface area (Å²) in [6.07, 6.45) is 0.811. The van der Waals surface area contributed by atoms with Crippen LogP contribution in [0.25, 0.3) is 0 Å². The molecule has 0 spiro atoms. The lowest BCUT2D eigenvalue weighted by molar-refractivity contribution is -0.116. The molecule has 0 saturated heterocycles. The van der Waals surface area contributed by atoms with Gasteiger partial charge in [-0.05, 0) is 18.1 Å². The Kier molecular flexibility index (Phi) is 4.49. The molecule has 16 heavy (non-hydrogen) atoms. The number of nitrogens with two attached hydrogens (primary N) is 1. The summed E-state index contributed by atoms with van der Waals surface area (Å²) in [4.78, 5) is 24.1. The molecule has 1 rings (SSSR count). The van der Waals surface area contributed by atoms with Crippen LogP contribution in [-0.4, -0.2) is 25.3 Å². The number of rotatable bonds is 6. The number of aldehydes is 1. The van der Waals surface area contributed by atoms with Crippen LogP contribution in [0.5, 0.6) is 0 Å². The zero-order valence-electron chi connectivity index (χ0n) is 9.47. The van der Waals surface area contributed by atoms with Crippen LogP contribution in [0.1, 0.15) is 23.5 Å². The van der Waals surface area contributed by atoms with E-state index >= 15 is 0 Å². The third-order valence-electron chi connectivity index (χ3n) is 1.97. The van der Waals surface area contributed by atoms with Crippen LogP contribution in [-0.2, 0) is 4.79 Å². The summed E-state index contributed by atoms with van der Waals surface area (Å²) in [6, 6.07) is 3.60. The fraction of sp³-hybridized carbons (Fsp3) is 0.455. The second-order valence-corrected chi connectivity index (χ2v) is 5.13. The third-order valence-corrected chi connectivity index (χ3v) is 3.04. The average molecular weight is 240 g/mol. The molecule has 5 heteroatoms. The van der Waals surface area contributed by atoms with E-state index in [4.69, 9.17) is 5.73 Å². The summed E-state index contributed by atoms with van der Waals surface area (Å²) >= 11 is 1.38. The maximum atomic E-state index is 11.0. The molecule has 1 heterocycles. The number of nitrogens with zero attached hydrogens (tertiary/aromatic N) is 1. The SMILES string of the molecule is CC(C)CN(CC(N)=O)c1ccc(C=O)s1. The summed E-state index contributed by atoms with van der Waals surface area (Å²) in [6.45, 7) is 5.09. The van der Waals surface area contributed by atoms with Crippen molar-refractivity contribution in [3.8, 4) is 0 Å². The van der Waals surface area contributed by atoms with Crippen LogP contribution in [0.4, 0.5) is 5.00 Å². The van der Waals surface area contributed by atoms with E-state index in [1.807, 2.05) is 11.0 Å². The number of thiophene rings is 1. The average Bonchev–Trinajstić information content (AvgIpc) is 2.63. The molecule has 1 aromatic heterocycles. The smallest absolute Gasteiger partial charge is 0.236 e. The van der Waals surface area contributed by atoms with E-state index in [-0.39, 0.29) is 12.5 Å². The van der Waals surface area contributed by atoms with Crippen LogP contribution in [0.15, 0.2) is 12.1 Å². The summed E-state index contributed by atoms with van der Waals surface area (Å²) in [7, 11) is 0. The lowest BCUT2D eigenvalue weighted by Gasteiger charge is -2.23. The zero-order valence-corrected chi connectivity index (χ0v) is 10.3. The summed E-state index contributed by atoms with van der Waals surface area (Å²) in [5, 5.41) is 0.912. The van der Waals surface area contributed by atoms with E-state index in [0.717, 1.165) is 17.8 Å². The number of hydrogen-bond donors (Lipinski definition) is 1. The highest BCUT2D eigenvalue weighted by molar-refractivity contribution is 7.17. The predicted molar refractivity (Wildman–Crippen MR) is 66.0 cm³/mol. The molecule has 0 aliphatic heterocycles. The van der Waals surface area contributed by atoms with Crippen LogP contribution in [0.3, 0.4) is 0 Å². The van der Waals surface area contributed by atoms with Gasteiger partial charge in [0.05, 0.1) is 16.4 Å². The van der Waals surface area contributed by atoms with E-state index in [1.165, 1.54) is 11.3 Å². The van der Waals surface area contributed by atoms with E-state index in [2.05, 4.69) is 13.8 Å². The van der Waals surface area contributed by atoms with E-state index < -0.39 is 0 Å². The normalized spacial score (nSPS) is 10.4. The number of hydrogen-bond acceptors (Lipinski definition) is 4. The summed E-state index contributed by atoms with van der Waals surface area (Å²) in [5.74, 6) is 0.0721. The number of carbonyl (C=O) groups is 2. The molecule has 0 aliphatic rings. The minimum atomic E-state index is -0.360. The molecule has 1 amide bonds. The minimum absolute atomic E-state index is 0.191. The van der Waals surface area contributed by atoms with Gasteiger partial charge in [0.25, 0.3) is 0 Å². The van der Waals surface area contributed by atoms with Gasteiger partial charge in [0, 0.05) is 6.54 Å². The first-order chi connectivity index (χ1) is 7.52. The summed E-state index contributed by atoms with van der Waals surface area (Å²) in [5.41, 5.74) is 5.20. The van der Waals surface area contributed by atoms with Gasteiger partial charge in [0.1, 0.15) is 0 Å². The first-order valence-electron chi connectivity index (χ1n) is 5.11. The molecular formula is C11H16N2O2S. The molecule has 0 bridgehead atoms. The molecule has 0 fully saturated rings. The monoisotopic (exact) mass is 240 g/mol. The van der Waals surface area contributed by atoms with Gasteiger partial charge in [-0.15, -0.1) is 11.3 Å². The van der Waals surface area contributed by atoms with Gasteiger partial charge in [-0.2, -0.15) is 0 Å². The van der Waals surface area contributed by atoms with Crippen LogP contribution >= 0.6 is 11.3 Å². The Bertz CT molecular complexity index is 374. The summed E-state index contributed by atoms with van der Waals surface area (Å²) < 4.78 is 0. The number of primary amides is 1. The van der Waals surface area contributed by atoms with Crippen molar-refractivity contribution in [1.29, 1.82) is 0 Å². The van der Waals surface area contributed by atoms with Crippen molar-refractivity contribution < 1.29 is 9.59 Å². The molecule has 2 N–H and O–H groups in total. The molecule has 0 aromatic carbocycles. The first-order valence-corrected chi connectivity index (χ1v) is 5.93. The topological polar surface area (TPSA) is 63.4 Å². The lowest BCUT2D eigenvalue weighted by Crippen LogP contribution is -2.35. The Morgan fingerprint density at radius 3 is 2.69 bits per heavy atom. The Morgan fingerprint density at radius 1 is 1.56 bits per heavy atom. The first kappa shape index (κ1) is 12.7. The van der Waals surface area contributed by atoms with Crippen LogP contribution in [0, 0.1) is 5.92 Å². The van der Waals surface area contributed by atoms with Crippen molar-refractivity contribution in [2.45, 2.75) is 13.8 Å². The maximum Gasteiger partial charge on any atom is 0.236 e. The van der Waals surface area contributed by atoms with Gasteiger partial charge in [-0.1, -0.05) is 13.8 Å². The molecule has 0 saturated carbocycles. The minimum Gasteiger partial charge on any atom is -0.368 e. The molecule has 0 atom stereocenters. The fourth-order valence-corrected chi connectivity index (χ4v) is 2.27. The molecule has 0 aliphatic carbocycles. The number of amides is 1. The number of carbonyl (C=O) groups excluding carboxylic acids is 2. The van der Waals surface area contributed by atoms with Crippen LogP contribution in [0.2, 0.25) is 0 Å². The third kappa shape index (κ3) is 3.66. The van der Waals surface area contributed by atoms with Gasteiger partial charge in [-0.25, -0.2) is 0 Å². The molecule has 88 valence electrons. The molecule has 0 radical (unpaired) electrons. The molecular weight excluding hydrogens is 224 g/mol. The fourth-order valence-electron chi connectivity index (χ4n) is 1.44. The Hall–Kier alpha value is -1.36. The Balaban J connectivity index is 2.81. The Labute approximate surface area is 99.0 Å². The predicted octanol–water partition coefficient (Wildman–Crippen LogP) is 1.51. The van der Waals surface area contributed by atoms with Gasteiger partial charge in [-0.3, -0.25) is 9.59 Å². The lowest BCUT2D eigenvalue weighted by atomic mass is 10.2. The van der Waals surface area contributed by atoms with Crippen molar-refractivity contribution in [1.82, 2.24) is 0 Å². The van der Waals surface area contributed by atoms with Crippen molar-refractivity contribution in [2.75, 3.05) is 18.0 Å². The van der Waals surface area contributed by atoms with Crippen molar-refractivity contribution >= 4 is 28.5 Å².